The van der Waals surface area contributed by atoms with Crippen molar-refractivity contribution in [1.82, 2.24) is 20.2 Å². The Labute approximate surface area is 238 Å². The number of amides is 2. The molecular weight excluding hydrogens is 546 g/mol. The zero-order valence-electron chi connectivity index (χ0n) is 18.5. The third kappa shape index (κ3) is 5.79. The maximum Gasteiger partial charge on any atom is 1.00 e. The van der Waals surface area contributed by atoms with Crippen molar-refractivity contribution < 1.29 is 54.3 Å². The Morgan fingerprint density at radius 2 is 2.14 bits per heavy atom. The second kappa shape index (κ2) is 11.9. The minimum absolute atomic E-state index is 0. The van der Waals surface area contributed by atoms with Crippen molar-refractivity contribution in [3.63, 3.8) is 0 Å². The van der Waals surface area contributed by atoms with E-state index in [1.165, 1.54) is 40.2 Å². The molecule has 2 aliphatic heterocycles. The molecule has 5 N–H and O–H groups in total. The van der Waals surface area contributed by atoms with Crippen LogP contribution in [0.4, 0.5) is 10.3 Å². The van der Waals surface area contributed by atoms with E-state index in [2.05, 4.69) is 25.8 Å². The van der Waals surface area contributed by atoms with Crippen molar-refractivity contribution in [3.05, 3.63) is 32.8 Å². The number of carboxylic acid groups (broad SMARTS) is 1. The number of thiazole rings is 2. The van der Waals surface area contributed by atoms with Crippen LogP contribution < -0.4 is 51.0 Å². The number of hydrogen-bond donors (Lipinski definition) is 4. The van der Waals surface area contributed by atoms with Crippen molar-refractivity contribution in [1.29, 1.82) is 0 Å². The molecule has 2 atom stereocenters. The van der Waals surface area contributed by atoms with Crippen LogP contribution in [0.15, 0.2) is 26.5 Å². The van der Waals surface area contributed by atoms with Crippen molar-refractivity contribution in [2.75, 3.05) is 29.6 Å². The summed E-state index contributed by atoms with van der Waals surface area (Å²) >= 11 is 5.22. The summed E-state index contributed by atoms with van der Waals surface area (Å²) in [7, 11) is 1.79. The van der Waals surface area contributed by atoms with Gasteiger partial charge in [-0.2, -0.15) is 0 Å². The van der Waals surface area contributed by atoms with Gasteiger partial charge in [0.15, 0.2) is 16.0 Å². The Kier molecular flexibility index (Phi) is 9.47. The molecule has 2 amide bonds. The molecule has 0 bridgehead atoms. The number of aryl methyl sites for hydroxylation is 1. The maximum absolute atomic E-state index is 12.8. The van der Waals surface area contributed by atoms with E-state index in [0.29, 0.717) is 22.8 Å². The number of nitrogen functional groups attached to an aromatic ring is 1. The molecule has 1 fully saturated rings. The largest absolute Gasteiger partial charge is 1.00 e. The monoisotopic (exact) mass is 563 g/mol. The van der Waals surface area contributed by atoms with Gasteiger partial charge in [0.25, 0.3) is 11.8 Å². The van der Waals surface area contributed by atoms with Gasteiger partial charge in [-0.1, -0.05) is 5.16 Å². The molecule has 12 nitrogen and oxygen atoms in total. The molecule has 0 saturated carbocycles. The molecule has 2 aromatic heterocycles. The fourth-order valence-electron chi connectivity index (χ4n) is 3.33. The molecule has 17 heteroatoms. The molecule has 180 valence electrons. The number of hydrogen-bond acceptors (Lipinski definition) is 14. The van der Waals surface area contributed by atoms with Crippen LogP contribution in [-0.4, -0.2) is 73.5 Å². The van der Waals surface area contributed by atoms with Gasteiger partial charge in [0, 0.05) is 34.2 Å². The Balaban J connectivity index is 0.00000342. The fraction of sp³-hybridized carbons (Fsp3) is 0.333. The quantitative estimate of drug-likeness (QED) is 0.0789. The maximum atomic E-state index is 12.8. The first-order chi connectivity index (χ1) is 16.3. The minimum Gasteiger partial charge on any atom is -0.543 e. The van der Waals surface area contributed by atoms with E-state index < -0.39 is 34.9 Å². The topological polar surface area (TPSA) is 186 Å². The summed E-state index contributed by atoms with van der Waals surface area (Å²) < 4.78 is 0. The Morgan fingerprint density at radius 3 is 2.74 bits per heavy atom. The number of carbonyl (C=O) groups is 3. The molecule has 4 rings (SSSR count). The van der Waals surface area contributed by atoms with Gasteiger partial charge in [0.1, 0.15) is 17.1 Å². The summed E-state index contributed by atoms with van der Waals surface area (Å²) in [6, 6.07) is -0.985. The number of anilines is 2. The van der Waals surface area contributed by atoms with Gasteiger partial charge >= 0.3 is 29.6 Å². The van der Waals surface area contributed by atoms with Crippen LogP contribution in [-0.2, 0) is 20.8 Å². The van der Waals surface area contributed by atoms with Gasteiger partial charge < -0.3 is 31.5 Å². The number of fused-ring (bicyclic) bond motifs is 1. The van der Waals surface area contributed by atoms with Crippen LogP contribution in [0.5, 0.6) is 0 Å². The normalized spacial score (nSPS) is 19.5. The molecule has 0 aromatic carbocycles. The number of carboxylic acids is 1. The molecule has 35 heavy (non-hydrogen) atoms. The summed E-state index contributed by atoms with van der Waals surface area (Å²) in [5, 5.41) is 33.3. The number of aromatic nitrogens is 2. The molecular formula is C18H18N7NaO5S4. The van der Waals surface area contributed by atoms with Crippen LogP contribution in [0.2, 0.25) is 0 Å². The first kappa shape index (κ1) is 27.8. The van der Waals surface area contributed by atoms with E-state index in [4.69, 9.17) is 5.73 Å². The molecule has 2 aliphatic rings. The average Bonchev–Trinajstić information content (AvgIpc) is 3.46. The number of nitrogens with two attached hydrogens (primary N) is 1. The van der Waals surface area contributed by atoms with Crippen molar-refractivity contribution >= 4 is 80.0 Å². The third-order valence-corrected chi connectivity index (χ3v) is 9.03. The molecule has 0 spiro atoms. The van der Waals surface area contributed by atoms with E-state index in [1.54, 1.807) is 7.05 Å². The second-order valence-electron chi connectivity index (χ2n) is 6.93. The number of carbonyl (C=O) groups excluding carboxylic acids is 3. The number of β-lactam (4-membered cyclic amide) rings is 1. The van der Waals surface area contributed by atoms with Gasteiger partial charge in [-0.25, -0.2) is 9.97 Å². The number of rotatable bonds is 9. The zero-order chi connectivity index (χ0) is 24.4. The van der Waals surface area contributed by atoms with Gasteiger partial charge in [0.2, 0.25) is 0 Å². The summed E-state index contributed by atoms with van der Waals surface area (Å²) in [4.78, 5) is 47.2. The Morgan fingerprint density at radius 1 is 1.37 bits per heavy atom. The first-order valence-electron chi connectivity index (χ1n) is 9.72. The number of nitrogens with one attached hydrogen (secondary N) is 2. The fourth-order valence-corrected chi connectivity index (χ4v) is 7.19. The summed E-state index contributed by atoms with van der Waals surface area (Å²) in [5.41, 5.74) is 5.94. The van der Waals surface area contributed by atoms with Gasteiger partial charge in [-0.3, -0.25) is 14.5 Å². The number of thioether (sulfide) groups is 2. The number of oxime groups is 1. The predicted octanol–water partition coefficient (Wildman–Crippen LogP) is -3.26. The van der Waals surface area contributed by atoms with E-state index in [0.717, 1.165) is 27.1 Å². The molecule has 1 saturated heterocycles. The van der Waals surface area contributed by atoms with Crippen LogP contribution in [0, 0.1) is 0 Å². The van der Waals surface area contributed by atoms with Crippen molar-refractivity contribution in [2.24, 2.45) is 5.16 Å². The van der Waals surface area contributed by atoms with Crippen molar-refractivity contribution in [3.8, 4) is 0 Å². The summed E-state index contributed by atoms with van der Waals surface area (Å²) in [6.07, 6.45) is 0.637. The van der Waals surface area contributed by atoms with Gasteiger partial charge in [0.05, 0.1) is 17.4 Å². The zero-order valence-corrected chi connectivity index (χ0v) is 23.8. The molecule has 0 radical (unpaired) electrons. The van der Waals surface area contributed by atoms with Crippen molar-refractivity contribution in [2.45, 2.75) is 17.8 Å². The van der Waals surface area contributed by atoms with E-state index in [-0.39, 0.29) is 46.1 Å². The van der Waals surface area contributed by atoms with Gasteiger partial charge in [-0.05, 0) is 6.42 Å². The minimum atomic E-state index is -1.45. The SMILES string of the molecule is CNc1nc(CCSC2=C(C(=O)[O-])N3C(=O)[C@@H](NC(=O)/C(=N\O)c4csc(N)n4)[C@H]3SC2)cs1.[Na+]. The van der Waals surface area contributed by atoms with E-state index in [1.807, 2.05) is 5.38 Å². The van der Waals surface area contributed by atoms with E-state index >= 15 is 0 Å². The Bertz CT molecular complexity index is 1200. The smallest absolute Gasteiger partial charge is 0.543 e. The molecule has 4 heterocycles. The predicted molar refractivity (Wildman–Crippen MR) is 130 cm³/mol. The number of aliphatic carboxylic acids is 1. The van der Waals surface area contributed by atoms with Crippen LogP contribution in [0.3, 0.4) is 0 Å². The Hall–Kier alpha value is -1.82. The van der Waals surface area contributed by atoms with Crippen LogP contribution in [0.25, 0.3) is 0 Å². The third-order valence-electron chi connectivity index (χ3n) is 4.89. The molecule has 2 aromatic rings. The average molecular weight is 564 g/mol. The van der Waals surface area contributed by atoms with Crippen LogP contribution in [0.1, 0.15) is 11.4 Å². The number of nitrogens with zero attached hydrogens (tertiary/aromatic N) is 4. The molecule has 0 aliphatic carbocycles. The van der Waals surface area contributed by atoms with E-state index in [9.17, 15) is 24.7 Å². The second-order valence-corrected chi connectivity index (χ2v) is 11.0. The van der Waals surface area contributed by atoms with Crippen LogP contribution >= 0.6 is 46.2 Å². The standard InChI is InChI=1S/C18H19N7O5S4.Na/c1-20-18-21-7(4-34-18)2-3-31-9-6-32-15-11(14(27)25(15)12(9)16(28)29)23-13(26)10(24-30)8-5-33-17(19)22-8;/h4-5,11,15,30H,2-3,6H2,1H3,(H2,19,22)(H,20,21)(H,23,26)(H,28,29);/q;+1/p-1/b24-10-;/t11-,15-;/m1./s1. The molecule has 0 unspecified atom stereocenters. The summed E-state index contributed by atoms with van der Waals surface area (Å²) in [6.45, 7) is 0. The first-order valence-corrected chi connectivity index (χ1v) is 13.5. The van der Waals surface area contributed by atoms with Gasteiger partial charge in [-0.15, -0.1) is 46.2 Å². The summed E-state index contributed by atoms with van der Waals surface area (Å²) in [5.74, 6) is -1.94.